The first-order valence-electron chi connectivity index (χ1n) is 12.8. The van der Waals surface area contributed by atoms with E-state index in [1.807, 2.05) is 29.2 Å². The van der Waals surface area contributed by atoms with E-state index in [4.69, 9.17) is 9.72 Å². The molecule has 1 fully saturated rings. The summed E-state index contributed by atoms with van der Waals surface area (Å²) in [6.07, 6.45) is 9.73. The fourth-order valence-corrected chi connectivity index (χ4v) is 5.24. The summed E-state index contributed by atoms with van der Waals surface area (Å²) in [5, 5.41) is 14.2. The van der Waals surface area contributed by atoms with E-state index in [0.717, 1.165) is 73.8 Å². The summed E-state index contributed by atoms with van der Waals surface area (Å²) < 4.78 is 6.99. The minimum absolute atomic E-state index is 0.566. The van der Waals surface area contributed by atoms with Crippen LogP contribution in [-0.4, -0.2) is 82.8 Å². The number of anilines is 1. The van der Waals surface area contributed by atoms with Crippen molar-refractivity contribution in [3.8, 4) is 23.1 Å². The van der Waals surface area contributed by atoms with Gasteiger partial charge in [0.05, 0.1) is 24.4 Å². The molecular formula is C29H30N8O. The number of hydrogen-bond donors (Lipinski definition) is 0. The number of fused-ring (bicyclic) bond motifs is 1. The Bertz CT molecular complexity index is 1510. The highest BCUT2D eigenvalue weighted by Crippen LogP contribution is 2.32. The number of nitriles is 1. The van der Waals surface area contributed by atoms with Crippen molar-refractivity contribution in [2.75, 3.05) is 58.3 Å². The molecule has 0 saturated carbocycles. The monoisotopic (exact) mass is 506 g/mol. The van der Waals surface area contributed by atoms with Crippen LogP contribution in [0.4, 0.5) is 5.82 Å². The first kappa shape index (κ1) is 24.1. The molecule has 38 heavy (non-hydrogen) atoms. The Kier molecular flexibility index (Phi) is 6.50. The third-order valence-electron chi connectivity index (χ3n) is 7.36. The van der Waals surface area contributed by atoms with Gasteiger partial charge in [0.15, 0.2) is 0 Å². The normalized spacial score (nSPS) is 16.6. The maximum atomic E-state index is 9.71. The number of ether oxygens (including phenoxy) is 1. The molecule has 0 N–H and O–H groups in total. The Morgan fingerprint density at radius 2 is 1.87 bits per heavy atom. The van der Waals surface area contributed by atoms with Crippen molar-refractivity contribution < 1.29 is 4.74 Å². The van der Waals surface area contributed by atoms with Crippen molar-refractivity contribution in [1.29, 1.82) is 5.26 Å². The van der Waals surface area contributed by atoms with Gasteiger partial charge in [-0.2, -0.15) is 10.4 Å². The van der Waals surface area contributed by atoms with Crippen LogP contribution >= 0.6 is 0 Å². The zero-order valence-corrected chi connectivity index (χ0v) is 21.7. The summed E-state index contributed by atoms with van der Waals surface area (Å²) in [6.45, 7) is 6.46. The van der Waals surface area contributed by atoms with E-state index in [1.54, 1.807) is 13.3 Å². The Balaban J connectivity index is 1.19. The number of aromatic nitrogens is 4. The SMILES string of the molecule is COc1ccc(CN2CCN(c3ccc(-c4cc(C5=CCN(C)C5)cn5ncc(C#N)c45)cn3)CC2)cn1. The van der Waals surface area contributed by atoms with Crippen molar-refractivity contribution in [1.82, 2.24) is 29.4 Å². The fourth-order valence-electron chi connectivity index (χ4n) is 5.24. The molecule has 192 valence electrons. The number of piperazine rings is 1. The Morgan fingerprint density at radius 1 is 1.00 bits per heavy atom. The molecule has 9 nitrogen and oxygen atoms in total. The summed E-state index contributed by atoms with van der Waals surface area (Å²) in [7, 11) is 3.75. The van der Waals surface area contributed by atoms with Crippen LogP contribution in [0.5, 0.6) is 5.88 Å². The fraction of sp³-hybridized carbons (Fsp3) is 0.310. The highest BCUT2D eigenvalue weighted by Gasteiger charge is 2.20. The quantitative estimate of drug-likeness (QED) is 0.394. The zero-order chi connectivity index (χ0) is 26.1. The Labute approximate surface area is 222 Å². The van der Waals surface area contributed by atoms with Gasteiger partial charge in [0.2, 0.25) is 5.88 Å². The molecule has 6 rings (SSSR count). The van der Waals surface area contributed by atoms with Crippen molar-refractivity contribution in [2.45, 2.75) is 6.54 Å². The molecule has 0 aromatic carbocycles. The Morgan fingerprint density at radius 3 is 2.53 bits per heavy atom. The van der Waals surface area contributed by atoms with Gasteiger partial charge in [-0.05, 0) is 41.9 Å². The van der Waals surface area contributed by atoms with Crippen LogP contribution in [0.25, 0.3) is 22.2 Å². The number of rotatable bonds is 6. The largest absolute Gasteiger partial charge is 0.481 e. The van der Waals surface area contributed by atoms with Gasteiger partial charge in [0, 0.05) is 81.6 Å². The van der Waals surface area contributed by atoms with Crippen LogP contribution in [0, 0.1) is 11.3 Å². The number of pyridine rings is 3. The third kappa shape index (κ3) is 4.72. The van der Waals surface area contributed by atoms with E-state index in [-0.39, 0.29) is 0 Å². The van der Waals surface area contributed by atoms with Gasteiger partial charge in [-0.3, -0.25) is 9.80 Å². The maximum Gasteiger partial charge on any atom is 0.212 e. The topological polar surface area (TPSA) is 85.8 Å². The number of likely N-dealkylation sites (N-methyl/N-ethyl adjacent to an activating group) is 1. The number of nitrogens with zero attached hydrogens (tertiary/aromatic N) is 8. The molecule has 2 aliphatic rings. The van der Waals surface area contributed by atoms with Crippen LogP contribution in [0.3, 0.4) is 0 Å². The first-order valence-corrected chi connectivity index (χ1v) is 12.8. The average Bonchev–Trinajstić information content (AvgIpc) is 3.59. The predicted octanol–water partition coefficient (Wildman–Crippen LogP) is 3.32. The first-order chi connectivity index (χ1) is 18.6. The van der Waals surface area contributed by atoms with E-state index >= 15 is 0 Å². The standard InChI is InChI=1S/C29H30N8O/c1-34-8-7-23(19-34)24-13-26(29-25(14-30)17-33-37(29)20-24)22-4-5-27(31-16-22)36-11-9-35(10-12-36)18-21-3-6-28(38-2)32-15-21/h3-7,13,15-17,20H,8-12,18-19H2,1-2H3. The zero-order valence-electron chi connectivity index (χ0n) is 21.7. The minimum Gasteiger partial charge on any atom is -0.481 e. The smallest absolute Gasteiger partial charge is 0.212 e. The van der Waals surface area contributed by atoms with Gasteiger partial charge in [0.25, 0.3) is 0 Å². The molecule has 0 bridgehead atoms. The maximum absolute atomic E-state index is 9.71. The summed E-state index contributed by atoms with van der Waals surface area (Å²) in [5.41, 5.74) is 6.93. The molecular weight excluding hydrogens is 476 g/mol. The molecule has 0 spiro atoms. The average molecular weight is 507 g/mol. The van der Waals surface area contributed by atoms with E-state index in [2.05, 4.69) is 68.2 Å². The lowest BCUT2D eigenvalue weighted by Crippen LogP contribution is -2.46. The molecule has 0 atom stereocenters. The summed E-state index contributed by atoms with van der Waals surface area (Å²) in [5.74, 6) is 1.61. The molecule has 0 unspecified atom stereocenters. The van der Waals surface area contributed by atoms with Gasteiger partial charge in [-0.25, -0.2) is 14.5 Å². The van der Waals surface area contributed by atoms with Gasteiger partial charge < -0.3 is 9.64 Å². The van der Waals surface area contributed by atoms with Gasteiger partial charge in [-0.15, -0.1) is 0 Å². The molecule has 4 aromatic heterocycles. The van der Waals surface area contributed by atoms with Crippen molar-refractivity contribution >= 4 is 16.9 Å². The minimum atomic E-state index is 0.566. The van der Waals surface area contributed by atoms with Crippen LogP contribution in [0.1, 0.15) is 16.7 Å². The van der Waals surface area contributed by atoms with E-state index < -0.39 is 0 Å². The second-order valence-electron chi connectivity index (χ2n) is 9.91. The van der Waals surface area contributed by atoms with Gasteiger partial charge >= 0.3 is 0 Å². The third-order valence-corrected chi connectivity index (χ3v) is 7.36. The van der Waals surface area contributed by atoms with Crippen LogP contribution in [-0.2, 0) is 6.54 Å². The molecule has 0 aliphatic carbocycles. The summed E-state index contributed by atoms with van der Waals surface area (Å²) in [6, 6.07) is 12.7. The lowest BCUT2D eigenvalue weighted by atomic mass is 10.00. The second-order valence-corrected chi connectivity index (χ2v) is 9.91. The highest BCUT2D eigenvalue weighted by molar-refractivity contribution is 5.87. The number of methoxy groups -OCH3 is 1. The summed E-state index contributed by atoms with van der Waals surface area (Å²) >= 11 is 0. The van der Waals surface area contributed by atoms with Crippen molar-refractivity contribution in [2.24, 2.45) is 0 Å². The Hall–Kier alpha value is -4.26. The molecule has 4 aromatic rings. The van der Waals surface area contributed by atoms with Gasteiger partial charge in [0.1, 0.15) is 11.9 Å². The second kappa shape index (κ2) is 10.2. The van der Waals surface area contributed by atoms with Crippen LogP contribution in [0.15, 0.2) is 61.2 Å². The molecule has 6 heterocycles. The van der Waals surface area contributed by atoms with Crippen LogP contribution in [0.2, 0.25) is 0 Å². The lowest BCUT2D eigenvalue weighted by Gasteiger charge is -2.35. The molecule has 0 amide bonds. The molecule has 2 aliphatic heterocycles. The number of hydrogen-bond acceptors (Lipinski definition) is 8. The molecule has 0 radical (unpaired) electrons. The predicted molar refractivity (Wildman–Crippen MR) is 147 cm³/mol. The molecule has 1 saturated heterocycles. The highest BCUT2D eigenvalue weighted by atomic mass is 16.5. The van der Waals surface area contributed by atoms with Crippen LogP contribution < -0.4 is 9.64 Å². The van der Waals surface area contributed by atoms with Crippen molar-refractivity contribution in [3.05, 3.63) is 77.9 Å². The van der Waals surface area contributed by atoms with Gasteiger partial charge in [-0.1, -0.05) is 12.1 Å². The molecule has 9 heteroatoms. The van der Waals surface area contributed by atoms with E-state index in [0.29, 0.717) is 11.4 Å². The van der Waals surface area contributed by atoms with E-state index in [9.17, 15) is 5.26 Å². The van der Waals surface area contributed by atoms with E-state index in [1.165, 1.54) is 11.1 Å². The summed E-state index contributed by atoms with van der Waals surface area (Å²) in [4.78, 5) is 16.2. The lowest BCUT2D eigenvalue weighted by molar-refractivity contribution is 0.249. The van der Waals surface area contributed by atoms with Crippen molar-refractivity contribution in [3.63, 3.8) is 0 Å².